The highest BCUT2D eigenvalue weighted by Crippen LogP contribution is 2.33. The fraction of sp³-hybridized carbons (Fsp3) is 0.462. The van der Waals surface area contributed by atoms with Gasteiger partial charge in [0, 0.05) is 0 Å². The fourth-order valence-electron chi connectivity index (χ4n) is 1.86. The second-order valence-corrected chi connectivity index (χ2v) is 4.85. The van der Waals surface area contributed by atoms with E-state index in [0.29, 0.717) is 16.3 Å². The van der Waals surface area contributed by atoms with Gasteiger partial charge in [0.25, 0.3) is 0 Å². The minimum absolute atomic E-state index is 0.182. The van der Waals surface area contributed by atoms with E-state index in [9.17, 15) is 9.90 Å². The van der Waals surface area contributed by atoms with E-state index < -0.39 is 18.0 Å². The summed E-state index contributed by atoms with van der Waals surface area (Å²) in [6.07, 6.45) is -1.09. The summed E-state index contributed by atoms with van der Waals surface area (Å²) in [5.41, 5.74) is 0.474. The van der Waals surface area contributed by atoms with Crippen molar-refractivity contribution in [3.8, 4) is 5.75 Å². The maximum Gasteiger partial charge on any atom is 0.309 e. The lowest BCUT2D eigenvalue weighted by molar-refractivity contribution is -0.148. The summed E-state index contributed by atoms with van der Waals surface area (Å²) in [6.45, 7) is 3.51. The number of aliphatic carboxylic acids is 1. The molecule has 0 bridgehead atoms. The van der Waals surface area contributed by atoms with E-state index in [-0.39, 0.29) is 5.92 Å². The Morgan fingerprint density at radius 3 is 2.39 bits per heavy atom. The predicted octanol–water partition coefficient (Wildman–Crippen LogP) is 2.74. The van der Waals surface area contributed by atoms with Gasteiger partial charge in [0.2, 0.25) is 0 Å². The van der Waals surface area contributed by atoms with Crippen LogP contribution in [0, 0.1) is 11.8 Å². The van der Waals surface area contributed by atoms with Gasteiger partial charge in [-0.25, -0.2) is 0 Å². The van der Waals surface area contributed by atoms with Gasteiger partial charge in [-0.05, 0) is 23.6 Å². The summed E-state index contributed by atoms with van der Waals surface area (Å²) >= 11 is 5.95. The number of ether oxygens (including phenoxy) is 1. The molecule has 1 rings (SSSR count). The fourth-order valence-corrected chi connectivity index (χ4v) is 2.12. The van der Waals surface area contributed by atoms with Crippen LogP contribution in [0.5, 0.6) is 5.75 Å². The molecule has 0 radical (unpaired) electrons. The maximum absolute atomic E-state index is 11.1. The second kappa shape index (κ2) is 6.07. The zero-order valence-corrected chi connectivity index (χ0v) is 11.3. The molecule has 0 saturated heterocycles. The van der Waals surface area contributed by atoms with Crippen molar-refractivity contribution in [1.82, 2.24) is 0 Å². The molecule has 1 aromatic carbocycles. The molecule has 4 nitrogen and oxygen atoms in total. The van der Waals surface area contributed by atoms with Crippen molar-refractivity contribution in [2.75, 3.05) is 7.11 Å². The van der Waals surface area contributed by atoms with Gasteiger partial charge in [-0.2, -0.15) is 0 Å². The average molecular weight is 273 g/mol. The van der Waals surface area contributed by atoms with Crippen LogP contribution in [0.15, 0.2) is 18.2 Å². The Kier molecular flexibility index (Phi) is 4.99. The molecule has 0 aliphatic heterocycles. The number of carbonyl (C=O) groups is 1. The van der Waals surface area contributed by atoms with Crippen molar-refractivity contribution >= 4 is 17.6 Å². The van der Waals surface area contributed by atoms with Crippen LogP contribution in [0.1, 0.15) is 25.5 Å². The van der Waals surface area contributed by atoms with E-state index >= 15 is 0 Å². The highest BCUT2D eigenvalue weighted by atomic mass is 35.5. The van der Waals surface area contributed by atoms with Gasteiger partial charge in [-0.15, -0.1) is 0 Å². The number of aliphatic hydroxyl groups excluding tert-OH is 1. The molecule has 0 amide bonds. The van der Waals surface area contributed by atoms with Gasteiger partial charge in [-0.3, -0.25) is 4.79 Å². The second-order valence-electron chi connectivity index (χ2n) is 4.45. The molecule has 0 spiro atoms. The van der Waals surface area contributed by atoms with Crippen LogP contribution >= 0.6 is 11.6 Å². The highest BCUT2D eigenvalue weighted by Gasteiger charge is 2.31. The van der Waals surface area contributed by atoms with Gasteiger partial charge in [0.1, 0.15) is 5.75 Å². The molecule has 5 heteroatoms. The van der Waals surface area contributed by atoms with E-state index in [2.05, 4.69) is 0 Å². The molecule has 2 atom stereocenters. The molecular formula is C13H17ClO4. The molecule has 18 heavy (non-hydrogen) atoms. The first-order valence-electron chi connectivity index (χ1n) is 5.62. The number of aliphatic hydroxyl groups is 1. The lowest BCUT2D eigenvalue weighted by Crippen LogP contribution is -2.26. The van der Waals surface area contributed by atoms with Crippen molar-refractivity contribution < 1.29 is 19.7 Å². The Balaban J connectivity index is 3.05. The molecule has 0 aliphatic carbocycles. The molecule has 2 unspecified atom stereocenters. The lowest BCUT2D eigenvalue weighted by atomic mass is 9.86. The Hall–Kier alpha value is -1.26. The van der Waals surface area contributed by atoms with Gasteiger partial charge in [0.15, 0.2) is 0 Å². The summed E-state index contributed by atoms with van der Waals surface area (Å²) in [5, 5.41) is 19.6. The molecular weight excluding hydrogens is 256 g/mol. The largest absolute Gasteiger partial charge is 0.495 e. The number of hydrogen-bond acceptors (Lipinski definition) is 3. The Morgan fingerprint density at radius 2 is 2.00 bits per heavy atom. The molecule has 100 valence electrons. The number of benzene rings is 1. The number of rotatable bonds is 5. The summed E-state index contributed by atoms with van der Waals surface area (Å²) in [4.78, 5) is 11.1. The van der Waals surface area contributed by atoms with Crippen molar-refractivity contribution in [2.45, 2.75) is 20.0 Å². The normalized spacial score (nSPS) is 14.3. The summed E-state index contributed by atoms with van der Waals surface area (Å²) < 4.78 is 5.01. The number of hydrogen-bond donors (Lipinski definition) is 2. The SMILES string of the molecule is COc1ccc(C(O)C(C(=O)O)C(C)C)cc1Cl. The van der Waals surface area contributed by atoms with Crippen molar-refractivity contribution in [3.63, 3.8) is 0 Å². The van der Waals surface area contributed by atoms with Gasteiger partial charge >= 0.3 is 5.97 Å². The van der Waals surface area contributed by atoms with E-state index in [0.717, 1.165) is 0 Å². The number of carboxylic acids is 1. The third-order valence-electron chi connectivity index (χ3n) is 2.86. The van der Waals surface area contributed by atoms with E-state index in [4.69, 9.17) is 21.4 Å². The quantitative estimate of drug-likeness (QED) is 0.865. The van der Waals surface area contributed by atoms with Gasteiger partial charge in [-0.1, -0.05) is 31.5 Å². The number of carboxylic acid groups (broad SMARTS) is 1. The molecule has 1 aromatic rings. The minimum atomic E-state index is -1.09. The summed E-state index contributed by atoms with van der Waals surface area (Å²) in [7, 11) is 1.49. The van der Waals surface area contributed by atoms with Crippen LogP contribution < -0.4 is 4.74 Å². The van der Waals surface area contributed by atoms with E-state index in [1.807, 2.05) is 0 Å². The van der Waals surface area contributed by atoms with Crippen LogP contribution in [-0.2, 0) is 4.79 Å². The van der Waals surface area contributed by atoms with Crippen LogP contribution in [-0.4, -0.2) is 23.3 Å². The first-order chi connectivity index (χ1) is 8.38. The zero-order chi connectivity index (χ0) is 13.9. The topological polar surface area (TPSA) is 66.8 Å². The lowest BCUT2D eigenvalue weighted by Gasteiger charge is -2.23. The highest BCUT2D eigenvalue weighted by molar-refractivity contribution is 6.32. The smallest absolute Gasteiger partial charge is 0.309 e. The standard InChI is InChI=1S/C13H17ClO4/c1-7(2)11(13(16)17)12(15)8-4-5-10(18-3)9(14)6-8/h4-7,11-12,15H,1-3H3,(H,16,17). The maximum atomic E-state index is 11.1. The Morgan fingerprint density at radius 1 is 1.39 bits per heavy atom. The van der Waals surface area contributed by atoms with E-state index in [1.54, 1.807) is 26.0 Å². The minimum Gasteiger partial charge on any atom is -0.495 e. The number of methoxy groups -OCH3 is 1. The third-order valence-corrected chi connectivity index (χ3v) is 3.16. The molecule has 0 fully saturated rings. The van der Waals surface area contributed by atoms with Crippen molar-refractivity contribution in [3.05, 3.63) is 28.8 Å². The molecule has 0 aromatic heterocycles. The van der Waals surface area contributed by atoms with Crippen LogP contribution in [0.4, 0.5) is 0 Å². The Labute approximate surface area is 111 Å². The molecule has 0 heterocycles. The van der Waals surface area contributed by atoms with Crippen molar-refractivity contribution in [1.29, 1.82) is 0 Å². The molecule has 2 N–H and O–H groups in total. The van der Waals surface area contributed by atoms with E-state index in [1.165, 1.54) is 13.2 Å². The first-order valence-corrected chi connectivity index (χ1v) is 6.00. The van der Waals surface area contributed by atoms with Crippen molar-refractivity contribution in [2.24, 2.45) is 11.8 Å². The number of halogens is 1. The van der Waals surface area contributed by atoms with Gasteiger partial charge in [0.05, 0.1) is 24.2 Å². The predicted molar refractivity (Wildman–Crippen MR) is 68.9 cm³/mol. The zero-order valence-electron chi connectivity index (χ0n) is 10.6. The summed E-state index contributed by atoms with van der Waals surface area (Å²) in [6, 6.07) is 4.76. The molecule has 0 saturated carbocycles. The van der Waals surface area contributed by atoms with Crippen LogP contribution in [0.2, 0.25) is 5.02 Å². The van der Waals surface area contributed by atoms with Crippen LogP contribution in [0.3, 0.4) is 0 Å². The third kappa shape index (κ3) is 3.15. The molecule has 0 aliphatic rings. The first kappa shape index (κ1) is 14.8. The van der Waals surface area contributed by atoms with Crippen LogP contribution in [0.25, 0.3) is 0 Å². The van der Waals surface area contributed by atoms with Gasteiger partial charge < -0.3 is 14.9 Å². The monoisotopic (exact) mass is 272 g/mol. The summed E-state index contributed by atoms with van der Waals surface area (Å²) in [5.74, 6) is -1.58. The Bertz CT molecular complexity index is 431. The average Bonchev–Trinajstić information content (AvgIpc) is 2.27.